The summed E-state index contributed by atoms with van der Waals surface area (Å²) in [5.74, 6) is -14.7. The Morgan fingerprint density at radius 2 is 1.35 bits per heavy atom. The van der Waals surface area contributed by atoms with Gasteiger partial charge in [0, 0.05) is 0 Å². The Morgan fingerprint density at radius 3 is 1.81 bits per heavy atom. The van der Waals surface area contributed by atoms with Crippen molar-refractivity contribution in [1.29, 1.82) is 0 Å². The van der Waals surface area contributed by atoms with Crippen LogP contribution in [0.25, 0.3) is 11.1 Å². The number of halogens is 7. The zero-order chi connectivity index (χ0) is 27.5. The maximum absolute atomic E-state index is 14.5. The first kappa shape index (κ1) is 28.0. The van der Waals surface area contributed by atoms with Crippen molar-refractivity contribution >= 4 is 6.29 Å². The van der Waals surface area contributed by atoms with Gasteiger partial charge in [-0.15, -0.1) is 0 Å². The lowest BCUT2D eigenvalue weighted by atomic mass is 9.79. The Labute approximate surface area is 208 Å². The Morgan fingerprint density at radius 1 is 0.811 bits per heavy atom. The first-order valence-electron chi connectivity index (χ1n) is 11.3. The van der Waals surface area contributed by atoms with Gasteiger partial charge in [0.25, 0.3) is 0 Å². The van der Waals surface area contributed by atoms with E-state index in [1.54, 1.807) is 6.07 Å². The third kappa shape index (κ3) is 4.89. The van der Waals surface area contributed by atoms with Crippen molar-refractivity contribution in [3.05, 3.63) is 82.2 Å². The van der Waals surface area contributed by atoms with E-state index in [0.29, 0.717) is 6.29 Å². The molecule has 0 atom stereocenters. The SMILES string of the molecule is CCCc1ccc(C=O)c(F)c1.CCOc1ccc2c(c1F)C(F)(F)C(F)(F)c1c-2ccc(OC)c1F. The van der Waals surface area contributed by atoms with E-state index in [-0.39, 0.29) is 12.2 Å². The number of hydrogen-bond donors (Lipinski definition) is 0. The van der Waals surface area contributed by atoms with Crippen LogP contribution in [-0.2, 0) is 18.3 Å². The molecule has 0 heterocycles. The molecule has 4 rings (SSSR count). The summed E-state index contributed by atoms with van der Waals surface area (Å²) in [4.78, 5) is 10.3. The number of aldehydes is 1. The fourth-order valence-corrected chi connectivity index (χ4v) is 4.03. The highest BCUT2D eigenvalue weighted by Crippen LogP contribution is 2.60. The van der Waals surface area contributed by atoms with Crippen LogP contribution in [0.3, 0.4) is 0 Å². The largest absolute Gasteiger partial charge is 0.494 e. The minimum absolute atomic E-state index is 0.0416. The highest BCUT2D eigenvalue weighted by Gasteiger charge is 2.65. The van der Waals surface area contributed by atoms with Gasteiger partial charge in [-0.2, -0.15) is 17.6 Å². The zero-order valence-corrected chi connectivity index (χ0v) is 20.1. The topological polar surface area (TPSA) is 35.5 Å². The fourth-order valence-electron chi connectivity index (χ4n) is 4.03. The first-order valence-corrected chi connectivity index (χ1v) is 11.3. The number of alkyl halides is 4. The van der Waals surface area contributed by atoms with Crippen molar-refractivity contribution in [2.75, 3.05) is 13.7 Å². The predicted octanol–water partition coefficient (Wildman–Crippen LogP) is 7.83. The van der Waals surface area contributed by atoms with Crippen LogP contribution in [0.5, 0.6) is 11.5 Å². The predicted molar refractivity (Wildman–Crippen MR) is 123 cm³/mol. The van der Waals surface area contributed by atoms with Crippen LogP contribution in [0.15, 0.2) is 42.5 Å². The lowest BCUT2D eigenvalue weighted by molar-refractivity contribution is -0.228. The summed E-state index contributed by atoms with van der Waals surface area (Å²) in [6, 6.07) is 8.81. The molecular formula is C27H23F7O3. The Bertz CT molecular complexity index is 1310. The van der Waals surface area contributed by atoms with Gasteiger partial charge >= 0.3 is 11.8 Å². The molecule has 0 bridgehead atoms. The smallest absolute Gasteiger partial charge is 0.343 e. The monoisotopic (exact) mass is 528 g/mol. The number of ether oxygens (including phenoxy) is 2. The van der Waals surface area contributed by atoms with Crippen molar-refractivity contribution < 1.29 is 45.0 Å². The summed E-state index contributed by atoms with van der Waals surface area (Å²) in [5, 5.41) is 0. The van der Waals surface area contributed by atoms with Crippen molar-refractivity contribution in [2.45, 2.75) is 38.5 Å². The number of hydrogen-bond acceptors (Lipinski definition) is 3. The molecule has 0 unspecified atom stereocenters. The van der Waals surface area contributed by atoms with Crippen LogP contribution in [0.2, 0.25) is 0 Å². The summed E-state index contributed by atoms with van der Waals surface area (Å²) in [5.41, 5.74) is -3.00. The highest BCUT2D eigenvalue weighted by atomic mass is 19.3. The zero-order valence-electron chi connectivity index (χ0n) is 20.1. The van der Waals surface area contributed by atoms with Crippen LogP contribution in [-0.4, -0.2) is 20.0 Å². The van der Waals surface area contributed by atoms with Crippen LogP contribution in [0.4, 0.5) is 30.7 Å². The first-order chi connectivity index (χ1) is 17.5. The molecule has 0 aliphatic heterocycles. The molecule has 1 aliphatic carbocycles. The number of aryl methyl sites for hydroxylation is 1. The second kappa shape index (κ2) is 10.8. The standard InChI is InChI=1S/C17H12F6O2.C10H11FO/c1-3-25-11-7-5-9-8-4-6-10(24-2)14(18)12(8)16(20,21)17(22,23)13(9)15(11)19;1-2-3-8-4-5-9(7-12)10(11)6-8/h4-7H,3H2,1-2H3;4-7H,2-3H2,1H3. The molecule has 3 aromatic carbocycles. The van der Waals surface area contributed by atoms with Crippen molar-refractivity contribution in [1.82, 2.24) is 0 Å². The van der Waals surface area contributed by atoms with Gasteiger partial charge in [0.1, 0.15) is 5.82 Å². The highest BCUT2D eigenvalue weighted by molar-refractivity contribution is 5.78. The van der Waals surface area contributed by atoms with Gasteiger partial charge in [0.2, 0.25) is 0 Å². The number of fused-ring (bicyclic) bond motifs is 3. The molecule has 0 saturated heterocycles. The Kier molecular flexibility index (Phi) is 8.19. The van der Waals surface area contributed by atoms with E-state index in [1.807, 2.05) is 6.92 Å². The lowest BCUT2D eigenvalue weighted by Crippen LogP contribution is -2.41. The molecule has 10 heteroatoms. The van der Waals surface area contributed by atoms with Crippen LogP contribution < -0.4 is 9.47 Å². The second-order valence-electron chi connectivity index (χ2n) is 8.11. The quantitative estimate of drug-likeness (QED) is 0.242. The number of methoxy groups -OCH3 is 1. The number of carbonyl (C=O) groups excluding carboxylic acids is 1. The average Bonchev–Trinajstić information content (AvgIpc) is 2.84. The van der Waals surface area contributed by atoms with E-state index in [1.165, 1.54) is 19.1 Å². The van der Waals surface area contributed by atoms with Gasteiger partial charge in [0.15, 0.2) is 29.4 Å². The number of rotatable bonds is 6. The third-order valence-corrected chi connectivity index (χ3v) is 5.78. The van der Waals surface area contributed by atoms with E-state index < -0.39 is 63.0 Å². The van der Waals surface area contributed by atoms with Crippen LogP contribution in [0, 0.1) is 17.5 Å². The molecule has 0 spiro atoms. The minimum atomic E-state index is -4.97. The molecule has 3 aromatic rings. The maximum atomic E-state index is 14.5. The molecule has 0 N–H and O–H groups in total. The van der Waals surface area contributed by atoms with Crippen molar-refractivity contribution in [3.8, 4) is 22.6 Å². The van der Waals surface area contributed by atoms with Gasteiger partial charge in [-0.3, -0.25) is 4.79 Å². The van der Waals surface area contributed by atoms with Crippen LogP contribution >= 0.6 is 0 Å². The van der Waals surface area contributed by atoms with Gasteiger partial charge in [0.05, 0.1) is 30.4 Å². The summed E-state index contributed by atoms with van der Waals surface area (Å²) < 4.78 is 109. The molecule has 0 amide bonds. The molecule has 0 aromatic heterocycles. The van der Waals surface area contributed by atoms with Gasteiger partial charge in [-0.05, 0) is 66.4 Å². The average molecular weight is 528 g/mol. The second-order valence-corrected chi connectivity index (χ2v) is 8.11. The summed E-state index contributed by atoms with van der Waals surface area (Å²) in [6.07, 6.45) is 2.38. The molecule has 0 saturated carbocycles. The minimum Gasteiger partial charge on any atom is -0.494 e. The summed E-state index contributed by atoms with van der Waals surface area (Å²) in [7, 11) is 1.02. The number of carbonyl (C=O) groups is 1. The van der Waals surface area contributed by atoms with E-state index in [9.17, 15) is 35.5 Å². The molecule has 0 radical (unpaired) electrons. The molecule has 0 fully saturated rings. The fraction of sp³-hybridized carbons (Fsp3) is 0.296. The molecule has 37 heavy (non-hydrogen) atoms. The van der Waals surface area contributed by atoms with E-state index in [0.717, 1.165) is 49.8 Å². The van der Waals surface area contributed by atoms with E-state index in [2.05, 4.69) is 4.74 Å². The van der Waals surface area contributed by atoms with Gasteiger partial charge in [-0.25, -0.2) is 13.2 Å². The molecule has 198 valence electrons. The third-order valence-electron chi connectivity index (χ3n) is 5.78. The normalized spacial score (nSPS) is 14.5. The van der Waals surface area contributed by atoms with E-state index in [4.69, 9.17) is 4.74 Å². The summed E-state index contributed by atoms with van der Waals surface area (Å²) in [6.45, 7) is 3.48. The van der Waals surface area contributed by atoms with Crippen molar-refractivity contribution in [2.24, 2.45) is 0 Å². The number of benzene rings is 3. The Hall–Kier alpha value is -3.56. The van der Waals surface area contributed by atoms with Crippen LogP contribution in [0.1, 0.15) is 47.3 Å². The van der Waals surface area contributed by atoms with Crippen molar-refractivity contribution in [3.63, 3.8) is 0 Å². The Balaban J connectivity index is 0.000000266. The molecule has 3 nitrogen and oxygen atoms in total. The summed E-state index contributed by atoms with van der Waals surface area (Å²) >= 11 is 0. The van der Waals surface area contributed by atoms with Gasteiger partial charge < -0.3 is 9.47 Å². The van der Waals surface area contributed by atoms with E-state index >= 15 is 0 Å². The van der Waals surface area contributed by atoms with Gasteiger partial charge in [-0.1, -0.05) is 19.4 Å². The molecule has 1 aliphatic rings. The maximum Gasteiger partial charge on any atom is 0.343 e. The molecular weight excluding hydrogens is 505 g/mol. The lowest BCUT2D eigenvalue weighted by Gasteiger charge is -2.35.